The van der Waals surface area contributed by atoms with Crippen molar-refractivity contribution < 1.29 is 13.2 Å². The second-order valence-electron chi connectivity index (χ2n) is 3.70. The van der Waals surface area contributed by atoms with Crippen molar-refractivity contribution in [1.29, 1.82) is 0 Å². The summed E-state index contributed by atoms with van der Waals surface area (Å²) in [6.07, 6.45) is 3.95. The predicted molar refractivity (Wildman–Crippen MR) is 65.9 cm³/mol. The molecule has 0 N–H and O–H groups in total. The average molecular weight is 261 g/mol. The molecule has 0 bridgehead atoms. The van der Waals surface area contributed by atoms with Gasteiger partial charge in [0.2, 0.25) is 9.84 Å². The SMILES string of the molecule is O=CCc1ccc(S(=O)(=O)c2ccncc2)cc1. The van der Waals surface area contributed by atoms with Crippen LogP contribution >= 0.6 is 0 Å². The van der Waals surface area contributed by atoms with Gasteiger partial charge in [0.05, 0.1) is 9.79 Å². The quantitative estimate of drug-likeness (QED) is 0.785. The van der Waals surface area contributed by atoms with Gasteiger partial charge in [0.1, 0.15) is 6.29 Å². The smallest absolute Gasteiger partial charge is 0.206 e. The van der Waals surface area contributed by atoms with E-state index in [9.17, 15) is 13.2 Å². The van der Waals surface area contributed by atoms with Crippen LogP contribution in [0, 0.1) is 0 Å². The molecule has 0 saturated carbocycles. The molecule has 0 saturated heterocycles. The van der Waals surface area contributed by atoms with Crippen LogP contribution in [0.3, 0.4) is 0 Å². The van der Waals surface area contributed by atoms with Gasteiger partial charge in [-0.15, -0.1) is 0 Å². The van der Waals surface area contributed by atoms with Crippen LogP contribution in [0.15, 0.2) is 58.6 Å². The van der Waals surface area contributed by atoms with E-state index < -0.39 is 9.84 Å². The Hall–Kier alpha value is -2.01. The zero-order chi connectivity index (χ0) is 13.0. The minimum Gasteiger partial charge on any atom is -0.303 e. The molecule has 0 aliphatic carbocycles. The molecule has 1 heterocycles. The minimum atomic E-state index is -3.50. The highest BCUT2D eigenvalue weighted by molar-refractivity contribution is 7.91. The van der Waals surface area contributed by atoms with Crippen LogP contribution in [0.4, 0.5) is 0 Å². The maximum Gasteiger partial charge on any atom is 0.206 e. The molecular weight excluding hydrogens is 250 g/mol. The summed E-state index contributed by atoms with van der Waals surface area (Å²) in [5.74, 6) is 0. The Bertz CT molecular complexity index is 634. The highest BCUT2D eigenvalue weighted by Gasteiger charge is 2.16. The Balaban J connectivity index is 2.39. The maximum absolute atomic E-state index is 12.2. The Labute approximate surface area is 105 Å². The summed E-state index contributed by atoms with van der Waals surface area (Å²) >= 11 is 0. The first kappa shape index (κ1) is 12.4. The molecule has 2 aromatic rings. The molecule has 5 heteroatoms. The molecule has 2 rings (SSSR count). The molecule has 0 spiro atoms. The second kappa shape index (κ2) is 5.10. The number of benzene rings is 1. The molecule has 1 aromatic carbocycles. The number of hydrogen-bond donors (Lipinski definition) is 0. The summed E-state index contributed by atoms with van der Waals surface area (Å²) in [6, 6.07) is 9.21. The van der Waals surface area contributed by atoms with Gasteiger partial charge < -0.3 is 4.79 Å². The summed E-state index contributed by atoms with van der Waals surface area (Å²) in [6.45, 7) is 0. The summed E-state index contributed by atoms with van der Waals surface area (Å²) in [7, 11) is -3.50. The van der Waals surface area contributed by atoms with E-state index in [4.69, 9.17) is 0 Å². The molecular formula is C13H11NO3S. The Kier molecular flexibility index (Phi) is 3.53. The molecule has 0 unspecified atom stereocenters. The largest absolute Gasteiger partial charge is 0.303 e. The lowest BCUT2D eigenvalue weighted by Crippen LogP contribution is -2.02. The summed E-state index contributed by atoms with van der Waals surface area (Å²) in [5, 5.41) is 0. The van der Waals surface area contributed by atoms with Gasteiger partial charge in [-0.1, -0.05) is 12.1 Å². The fourth-order valence-corrected chi connectivity index (χ4v) is 2.80. The number of carbonyl (C=O) groups excluding carboxylic acids is 1. The topological polar surface area (TPSA) is 64.1 Å². The highest BCUT2D eigenvalue weighted by atomic mass is 32.2. The molecule has 0 amide bonds. The molecule has 0 atom stereocenters. The number of aromatic nitrogens is 1. The van der Waals surface area contributed by atoms with E-state index in [1.165, 1.54) is 36.7 Å². The predicted octanol–water partition coefficient (Wildman–Crippen LogP) is 1.66. The van der Waals surface area contributed by atoms with Gasteiger partial charge >= 0.3 is 0 Å². The third-order valence-corrected chi connectivity index (χ3v) is 4.30. The fraction of sp³-hybridized carbons (Fsp3) is 0.0769. The molecule has 1 aromatic heterocycles. The van der Waals surface area contributed by atoms with Crippen LogP contribution in [0.25, 0.3) is 0 Å². The third kappa shape index (κ3) is 2.46. The van der Waals surface area contributed by atoms with Crippen molar-refractivity contribution in [3.05, 3.63) is 54.4 Å². The van der Waals surface area contributed by atoms with Crippen molar-refractivity contribution >= 4 is 16.1 Å². The molecule has 0 radical (unpaired) electrons. The third-order valence-electron chi connectivity index (χ3n) is 2.51. The molecule has 0 fully saturated rings. The minimum absolute atomic E-state index is 0.209. The lowest BCUT2D eigenvalue weighted by molar-refractivity contribution is -0.107. The number of carbonyl (C=O) groups is 1. The standard InChI is InChI=1S/C13H11NO3S/c15-10-7-11-1-3-12(4-2-11)18(16,17)13-5-8-14-9-6-13/h1-6,8-10H,7H2. The van der Waals surface area contributed by atoms with Crippen molar-refractivity contribution in [2.75, 3.05) is 0 Å². The van der Waals surface area contributed by atoms with Gasteiger partial charge in [-0.3, -0.25) is 4.98 Å². The molecule has 4 nitrogen and oxygen atoms in total. The lowest BCUT2D eigenvalue weighted by Gasteiger charge is -2.04. The number of rotatable bonds is 4. The van der Waals surface area contributed by atoms with Crippen molar-refractivity contribution in [2.45, 2.75) is 16.2 Å². The van der Waals surface area contributed by atoms with Crippen molar-refractivity contribution in [1.82, 2.24) is 4.98 Å². The van der Waals surface area contributed by atoms with Crippen molar-refractivity contribution in [3.8, 4) is 0 Å². The van der Waals surface area contributed by atoms with E-state index in [1.807, 2.05) is 0 Å². The second-order valence-corrected chi connectivity index (χ2v) is 5.65. The lowest BCUT2D eigenvalue weighted by atomic mass is 10.2. The number of nitrogens with zero attached hydrogens (tertiary/aromatic N) is 1. The molecule has 18 heavy (non-hydrogen) atoms. The fourth-order valence-electron chi connectivity index (χ4n) is 1.55. The van der Waals surface area contributed by atoms with Crippen LogP contribution in [0.1, 0.15) is 5.56 Å². The van der Waals surface area contributed by atoms with Crippen LogP contribution < -0.4 is 0 Å². The first-order valence-electron chi connectivity index (χ1n) is 5.32. The number of hydrogen-bond acceptors (Lipinski definition) is 4. The average Bonchev–Trinajstić information content (AvgIpc) is 2.41. The summed E-state index contributed by atoms with van der Waals surface area (Å²) in [5.41, 5.74) is 0.790. The molecule has 92 valence electrons. The molecule has 0 aliphatic rings. The monoisotopic (exact) mass is 261 g/mol. The first-order valence-corrected chi connectivity index (χ1v) is 6.80. The van der Waals surface area contributed by atoms with Gasteiger partial charge in [-0.25, -0.2) is 8.42 Å². The Morgan fingerprint density at radius 3 is 2.06 bits per heavy atom. The van der Waals surface area contributed by atoms with E-state index in [0.717, 1.165) is 11.8 Å². The normalized spacial score (nSPS) is 11.1. The Morgan fingerprint density at radius 1 is 0.944 bits per heavy atom. The van der Waals surface area contributed by atoms with Gasteiger partial charge in [-0.05, 0) is 29.8 Å². The van der Waals surface area contributed by atoms with Gasteiger partial charge in [0, 0.05) is 18.8 Å². The van der Waals surface area contributed by atoms with Crippen molar-refractivity contribution in [2.24, 2.45) is 0 Å². The van der Waals surface area contributed by atoms with Crippen LogP contribution in [-0.4, -0.2) is 19.7 Å². The zero-order valence-electron chi connectivity index (χ0n) is 9.48. The van der Waals surface area contributed by atoms with E-state index in [2.05, 4.69) is 4.98 Å². The van der Waals surface area contributed by atoms with Gasteiger partial charge in [0.25, 0.3) is 0 Å². The number of sulfone groups is 1. The van der Waals surface area contributed by atoms with Crippen LogP contribution in [0.5, 0.6) is 0 Å². The summed E-state index contributed by atoms with van der Waals surface area (Å²) in [4.78, 5) is 14.6. The van der Waals surface area contributed by atoms with E-state index in [1.54, 1.807) is 12.1 Å². The zero-order valence-corrected chi connectivity index (χ0v) is 10.3. The first-order chi connectivity index (χ1) is 8.64. The summed E-state index contributed by atoms with van der Waals surface area (Å²) < 4.78 is 24.4. The van der Waals surface area contributed by atoms with Crippen molar-refractivity contribution in [3.63, 3.8) is 0 Å². The van der Waals surface area contributed by atoms with Gasteiger partial charge in [0.15, 0.2) is 0 Å². The molecule has 0 aliphatic heterocycles. The maximum atomic E-state index is 12.2. The van der Waals surface area contributed by atoms with Crippen LogP contribution in [0.2, 0.25) is 0 Å². The number of pyridine rings is 1. The van der Waals surface area contributed by atoms with E-state index >= 15 is 0 Å². The van der Waals surface area contributed by atoms with E-state index in [0.29, 0.717) is 0 Å². The van der Waals surface area contributed by atoms with E-state index in [-0.39, 0.29) is 16.2 Å². The number of aldehydes is 1. The highest BCUT2D eigenvalue weighted by Crippen LogP contribution is 2.20. The van der Waals surface area contributed by atoms with Gasteiger partial charge in [-0.2, -0.15) is 0 Å². The van der Waals surface area contributed by atoms with Crippen LogP contribution in [-0.2, 0) is 21.1 Å². The Morgan fingerprint density at radius 2 is 1.50 bits per heavy atom.